The van der Waals surface area contributed by atoms with Crippen molar-refractivity contribution < 1.29 is 4.42 Å². The standard InChI is InChI=1S/C10H16N2O/c11-6-9-7-13-10(12-9)8-4-2-1-3-5-8/h7-8H,1-6,11H2. The molecule has 0 unspecified atom stereocenters. The summed E-state index contributed by atoms with van der Waals surface area (Å²) in [5.41, 5.74) is 6.35. The molecule has 3 nitrogen and oxygen atoms in total. The lowest BCUT2D eigenvalue weighted by Crippen LogP contribution is -2.05. The monoisotopic (exact) mass is 180 g/mol. The van der Waals surface area contributed by atoms with Gasteiger partial charge in [0, 0.05) is 12.5 Å². The number of hydrogen-bond acceptors (Lipinski definition) is 3. The summed E-state index contributed by atoms with van der Waals surface area (Å²) in [6.45, 7) is 0.482. The molecule has 0 spiro atoms. The van der Waals surface area contributed by atoms with Crippen LogP contribution in [0.2, 0.25) is 0 Å². The molecule has 1 fully saturated rings. The van der Waals surface area contributed by atoms with Gasteiger partial charge in [0.25, 0.3) is 0 Å². The zero-order valence-corrected chi connectivity index (χ0v) is 7.83. The van der Waals surface area contributed by atoms with Gasteiger partial charge in [0.2, 0.25) is 0 Å². The predicted molar refractivity (Wildman–Crippen MR) is 50.2 cm³/mol. The highest BCUT2D eigenvalue weighted by molar-refractivity contribution is 5.01. The molecule has 2 rings (SSSR count). The molecule has 1 heterocycles. The van der Waals surface area contributed by atoms with E-state index in [2.05, 4.69) is 4.98 Å². The largest absolute Gasteiger partial charge is 0.448 e. The highest BCUT2D eigenvalue weighted by Gasteiger charge is 2.19. The zero-order chi connectivity index (χ0) is 9.10. The molecule has 3 heteroatoms. The van der Waals surface area contributed by atoms with Gasteiger partial charge in [0.15, 0.2) is 5.89 Å². The maximum Gasteiger partial charge on any atom is 0.197 e. The van der Waals surface area contributed by atoms with E-state index in [9.17, 15) is 0 Å². The van der Waals surface area contributed by atoms with Gasteiger partial charge in [0.1, 0.15) is 6.26 Å². The third-order valence-corrected chi connectivity index (χ3v) is 2.73. The van der Waals surface area contributed by atoms with Gasteiger partial charge in [-0.2, -0.15) is 0 Å². The molecule has 2 N–H and O–H groups in total. The van der Waals surface area contributed by atoms with Crippen LogP contribution in [0.25, 0.3) is 0 Å². The maximum atomic E-state index is 5.47. The summed E-state index contributed by atoms with van der Waals surface area (Å²) in [6.07, 6.45) is 8.12. The van der Waals surface area contributed by atoms with Crippen LogP contribution in [-0.4, -0.2) is 4.98 Å². The van der Waals surface area contributed by atoms with Crippen LogP contribution < -0.4 is 5.73 Å². The van der Waals surface area contributed by atoms with Crippen LogP contribution in [0.1, 0.15) is 49.6 Å². The molecule has 1 saturated carbocycles. The summed E-state index contributed by atoms with van der Waals surface area (Å²) in [4.78, 5) is 4.36. The molecule has 0 aromatic carbocycles. The Morgan fingerprint density at radius 3 is 2.77 bits per heavy atom. The first-order valence-corrected chi connectivity index (χ1v) is 5.04. The molecular weight excluding hydrogens is 164 g/mol. The van der Waals surface area contributed by atoms with Crippen molar-refractivity contribution in [3.05, 3.63) is 17.8 Å². The molecule has 0 saturated heterocycles. The first kappa shape index (κ1) is 8.75. The van der Waals surface area contributed by atoms with Crippen LogP contribution in [0.5, 0.6) is 0 Å². The van der Waals surface area contributed by atoms with Gasteiger partial charge in [0.05, 0.1) is 5.69 Å². The molecule has 1 aliphatic rings. The third-order valence-electron chi connectivity index (χ3n) is 2.73. The summed E-state index contributed by atoms with van der Waals surface area (Å²) >= 11 is 0. The summed E-state index contributed by atoms with van der Waals surface area (Å²) in [7, 11) is 0. The smallest absolute Gasteiger partial charge is 0.197 e. The van der Waals surface area contributed by atoms with Crippen LogP contribution in [-0.2, 0) is 6.54 Å². The minimum absolute atomic E-state index is 0.482. The summed E-state index contributed by atoms with van der Waals surface area (Å²) in [5, 5.41) is 0. The Morgan fingerprint density at radius 1 is 1.38 bits per heavy atom. The predicted octanol–water partition coefficient (Wildman–Crippen LogP) is 2.18. The fraction of sp³-hybridized carbons (Fsp3) is 0.700. The second-order valence-corrected chi connectivity index (χ2v) is 3.72. The SMILES string of the molecule is NCc1coc(C2CCCCC2)n1. The van der Waals surface area contributed by atoms with Crippen molar-refractivity contribution in [2.24, 2.45) is 5.73 Å². The van der Waals surface area contributed by atoms with Crippen molar-refractivity contribution in [3.8, 4) is 0 Å². The fourth-order valence-corrected chi connectivity index (χ4v) is 1.95. The highest BCUT2D eigenvalue weighted by atomic mass is 16.3. The average Bonchev–Trinajstić information content (AvgIpc) is 2.67. The number of rotatable bonds is 2. The van der Waals surface area contributed by atoms with Gasteiger partial charge >= 0.3 is 0 Å². The lowest BCUT2D eigenvalue weighted by molar-refractivity contribution is 0.363. The second kappa shape index (κ2) is 3.92. The van der Waals surface area contributed by atoms with Crippen LogP contribution in [0.4, 0.5) is 0 Å². The van der Waals surface area contributed by atoms with Crippen LogP contribution in [0.15, 0.2) is 10.7 Å². The van der Waals surface area contributed by atoms with E-state index in [-0.39, 0.29) is 0 Å². The van der Waals surface area contributed by atoms with Gasteiger partial charge in [-0.05, 0) is 12.8 Å². The Morgan fingerprint density at radius 2 is 2.15 bits per heavy atom. The fourth-order valence-electron chi connectivity index (χ4n) is 1.95. The van der Waals surface area contributed by atoms with Gasteiger partial charge in [-0.25, -0.2) is 4.98 Å². The molecule has 0 atom stereocenters. The number of aromatic nitrogens is 1. The lowest BCUT2D eigenvalue weighted by Gasteiger charge is -2.17. The zero-order valence-electron chi connectivity index (χ0n) is 7.83. The van der Waals surface area contributed by atoms with Gasteiger partial charge in [-0.15, -0.1) is 0 Å². The summed E-state index contributed by atoms with van der Waals surface area (Å²) in [5.74, 6) is 1.45. The number of oxazole rings is 1. The van der Waals surface area contributed by atoms with E-state index >= 15 is 0 Å². The van der Waals surface area contributed by atoms with E-state index in [1.807, 2.05) is 0 Å². The summed E-state index contributed by atoms with van der Waals surface area (Å²) in [6, 6.07) is 0. The first-order chi connectivity index (χ1) is 6.40. The van der Waals surface area contributed by atoms with Crippen LogP contribution in [0.3, 0.4) is 0 Å². The Labute approximate surface area is 78.3 Å². The maximum absolute atomic E-state index is 5.47. The van der Waals surface area contributed by atoms with E-state index in [4.69, 9.17) is 10.2 Å². The van der Waals surface area contributed by atoms with E-state index in [1.165, 1.54) is 32.1 Å². The molecule has 0 amide bonds. The normalized spacial score (nSPS) is 19.2. The van der Waals surface area contributed by atoms with E-state index in [1.54, 1.807) is 6.26 Å². The molecule has 1 aromatic heterocycles. The molecule has 1 aliphatic carbocycles. The van der Waals surface area contributed by atoms with Crippen molar-refractivity contribution in [2.75, 3.05) is 0 Å². The molecule has 13 heavy (non-hydrogen) atoms. The lowest BCUT2D eigenvalue weighted by atomic mass is 9.89. The van der Waals surface area contributed by atoms with E-state index in [0.29, 0.717) is 12.5 Å². The third kappa shape index (κ3) is 1.91. The second-order valence-electron chi connectivity index (χ2n) is 3.72. The summed E-state index contributed by atoms with van der Waals surface area (Å²) < 4.78 is 5.40. The van der Waals surface area contributed by atoms with Crippen molar-refractivity contribution in [2.45, 2.75) is 44.6 Å². The number of nitrogens with zero attached hydrogens (tertiary/aromatic N) is 1. The minimum Gasteiger partial charge on any atom is -0.448 e. The van der Waals surface area contributed by atoms with Crippen molar-refractivity contribution in [1.82, 2.24) is 4.98 Å². The number of hydrogen-bond donors (Lipinski definition) is 1. The first-order valence-electron chi connectivity index (χ1n) is 5.04. The molecule has 0 radical (unpaired) electrons. The van der Waals surface area contributed by atoms with Crippen LogP contribution >= 0.6 is 0 Å². The van der Waals surface area contributed by atoms with Gasteiger partial charge in [-0.3, -0.25) is 0 Å². The minimum atomic E-state index is 0.482. The van der Waals surface area contributed by atoms with Crippen molar-refractivity contribution in [3.63, 3.8) is 0 Å². The molecule has 72 valence electrons. The van der Waals surface area contributed by atoms with Crippen LogP contribution in [0, 0.1) is 0 Å². The quantitative estimate of drug-likeness (QED) is 0.759. The Kier molecular flexibility index (Phi) is 2.64. The Bertz CT molecular complexity index is 264. The van der Waals surface area contributed by atoms with Crippen molar-refractivity contribution >= 4 is 0 Å². The number of nitrogens with two attached hydrogens (primary N) is 1. The molecular formula is C10H16N2O. The topological polar surface area (TPSA) is 52.0 Å². The molecule has 0 bridgehead atoms. The molecule has 0 aliphatic heterocycles. The highest BCUT2D eigenvalue weighted by Crippen LogP contribution is 2.31. The average molecular weight is 180 g/mol. The van der Waals surface area contributed by atoms with E-state index < -0.39 is 0 Å². The molecule has 1 aromatic rings. The van der Waals surface area contributed by atoms with Gasteiger partial charge < -0.3 is 10.2 Å². The van der Waals surface area contributed by atoms with Crippen molar-refractivity contribution in [1.29, 1.82) is 0 Å². The Hall–Kier alpha value is -0.830. The van der Waals surface area contributed by atoms with E-state index in [0.717, 1.165) is 11.6 Å². The van der Waals surface area contributed by atoms with Gasteiger partial charge in [-0.1, -0.05) is 19.3 Å². The Balaban J connectivity index is 2.05.